The van der Waals surface area contributed by atoms with Gasteiger partial charge >= 0.3 is 0 Å². The standard InChI is InChI=1S/C16H8F7N3O2S/c17-9-2-1-7(5-10(9)18)29(27,28)25-11-3-4-26(24-11)6-8-12(19)14(21)16(23)15(22)13(8)20/h1-5H,6H2,(H,24,25). The number of nitrogens with one attached hydrogen (secondary N) is 1. The van der Waals surface area contributed by atoms with Crippen LogP contribution in [0.15, 0.2) is 35.4 Å². The van der Waals surface area contributed by atoms with Gasteiger partial charge in [0.25, 0.3) is 10.0 Å². The summed E-state index contributed by atoms with van der Waals surface area (Å²) in [5, 5.41) is 3.61. The van der Waals surface area contributed by atoms with Gasteiger partial charge in [-0.3, -0.25) is 9.40 Å². The first-order chi connectivity index (χ1) is 13.5. The molecule has 0 fully saturated rings. The van der Waals surface area contributed by atoms with Gasteiger partial charge in [-0.2, -0.15) is 5.10 Å². The fourth-order valence-corrected chi connectivity index (χ4v) is 3.30. The molecule has 0 bridgehead atoms. The van der Waals surface area contributed by atoms with E-state index in [1.165, 1.54) is 0 Å². The van der Waals surface area contributed by atoms with Crippen LogP contribution in [0.1, 0.15) is 5.56 Å². The van der Waals surface area contributed by atoms with E-state index >= 15 is 0 Å². The van der Waals surface area contributed by atoms with E-state index in [0.717, 1.165) is 18.3 Å². The second-order valence-corrected chi connectivity index (χ2v) is 7.31. The van der Waals surface area contributed by atoms with Crippen LogP contribution in [0.2, 0.25) is 0 Å². The van der Waals surface area contributed by atoms with Crippen molar-refractivity contribution in [2.75, 3.05) is 4.72 Å². The van der Waals surface area contributed by atoms with Gasteiger partial charge in [0.2, 0.25) is 5.82 Å². The zero-order valence-electron chi connectivity index (χ0n) is 13.9. The quantitative estimate of drug-likeness (QED) is 0.375. The third-order valence-electron chi connectivity index (χ3n) is 3.70. The SMILES string of the molecule is O=S(=O)(Nc1ccn(Cc2c(F)c(F)c(F)c(F)c2F)n1)c1ccc(F)c(F)c1. The lowest BCUT2D eigenvalue weighted by Gasteiger charge is -2.08. The van der Waals surface area contributed by atoms with Crippen LogP contribution in [-0.2, 0) is 16.6 Å². The fourth-order valence-electron chi connectivity index (χ4n) is 2.30. The van der Waals surface area contributed by atoms with Crippen LogP contribution in [-0.4, -0.2) is 18.2 Å². The first-order valence-corrected chi connectivity index (χ1v) is 9.01. The van der Waals surface area contributed by atoms with Crippen molar-refractivity contribution in [3.63, 3.8) is 0 Å². The Labute approximate surface area is 158 Å². The molecule has 0 saturated carbocycles. The molecule has 0 atom stereocenters. The summed E-state index contributed by atoms with van der Waals surface area (Å²) in [6.45, 7) is -0.904. The van der Waals surface area contributed by atoms with Gasteiger partial charge < -0.3 is 0 Å². The summed E-state index contributed by atoms with van der Waals surface area (Å²) in [6.07, 6.45) is 1.00. The van der Waals surface area contributed by atoms with Gasteiger partial charge in [0.1, 0.15) is 0 Å². The van der Waals surface area contributed by atoms with Crippen molar-refractivity contribution in [1.82, 2.24) is 9.78 Å². The number of hydrogen-bond donors (Lipinski definition) is 1. The summed E-state index contributed by atoms with van der Waals surface area (Å²) in [6, 6.07) is 2.81. The molecule has 1 N–H and O–H groups in total. The van der Waals surface area contributed by atoms with E-state index in [1.807, 2.05) is 4.72 Å². The number of benzene rings is 2. The van der Waals surface area contributed by atoms with Crippen LogP contribution in [0.3, 0.4) is 0 Å². The van der Waals surface area contributed by atoms with Gasteiger partial charge in [-0.1, -0.05) is 0 Å². The minimum atomic E-state index is -4.40. The summed E-state index contributed by atoms with van der Waals surface area (Å²) >= 11 is 0. The highest BCUT2D eigenvalue weighted by Gasteiger charge is 2.26. The number of halogens is 7. The Hall–Kier alpha value is -3.09. The first kappa shape index (κ1) is 20.6. The van der Waals surface area contributed by atoms with E-state index in [2.05, 4.69) is 5.10 Å². The molecule has 29 heavy (non-hydrogen) atoms. The molecule has 3 aromatic rings. The fraction of sp³-hybridized carbons (Fsp3) is 0.0625. The molecule has 0 aliphatic rings. The Kier molecular flexibility index (Phi) is 5.26. The van der Waals surface area contributed by atoms with Crippen molar-refractivity contribution in [2.24, 2.45) is 0 Å². The lowest BCUT2D eigenvalue weighted by Crippen LogP contribution is -2.15. The van der Waals surface area contributed by atoms with Crippen LogP contribution >= 0.6 is 0 Å². The van der Waals surface area contributed by atoms with E-state index in [9.17, 15) is 39.2 Å². The van der Waals surface area contributed by atoms with Crippen molar-refractivity contribution in [3.05, 3.63) is 76.7 Å². The lowest BCUT2D eigenvalue weighted by molar-refractivity contribution is 0.367. The van der Waals surface area contributed by atoms with Crippen molar-refractivity contribution in [2.45, 2.75) is 11.4 Å². The van der Waals surface area contributed by atoms with Crippen LogP contribution < -0.4 is 4.72 Å². The molecule has 1 aromatic heterocycles. The molecule has 0 aliphatic heterocycles. The van der Waals surface area contributed by atoms with Crippen LogP contribution in [0.4, 0.5) is 36.6 Å². The Morgan fingerprint density at radius 1 is 0.828 bits per heavy atom. The number of rotatable bonds is 5. The average Bonchev–Trinajstić information content (AvgIpc) is 3.10. The summed E-state index contributed by atoms with van der Waals surface area (Å²) in [7, 11) is -4.40. The molecule has 2 aromatic carbocycles. The predicted molar refractivity (Wildman–Crippen MR) is 84.7 cm³/mol. The minimum absolute atomic E-state index is 0.404. The average molecular weight is 439 g/mol. The number of anilines is 1. The minimum Gasteiger partial charge on any atom is -0.266 e. The predicted octanol–water partition coefficient (Wildman–Crippen LogP) is 3.71. The number of sulfonamides is 1. The molecule has 5 nitrogen and oxygen atoms in total. The monoisotopic (exact) mass is 439 g/mol. The van der Waals surface area contributed by atoms with Crippen LogP contribution in [0.5, 0.6) is 0 Å². The first-order valence-electron chi connectivity index (χ1n) is 7.53. The van der Waals surface area contributed by atoms with Gasteiger partial charge in [0.05, 0.1) is 17.0 Å². The Morgan fingerprint density at radius 2 is 1.41 bits per heavy atom. The molecule has 13 heteroatoms. The Balaban J connectivity index is 1.86. The molecule has 0 unspecified atom stereocenters. The number of nitrogens with zero attached hydrogens (tertiary/aromatic N) is 2. The topological polar surface area (TPSA) is 64.0 Å². The Bertz CT molecular complexity index is 1180. The van der Waals surface area contributed by atoms with Gasteiger partial charge in [-0.15, -0.1) is 0 Å². The van der Waals surface area contributed by atoms with Crippen molar-refractivity contribution in [3.8, 4) is 0 Å². The molecule has 154 valence electrons. The maximum Gasteiger partial charge on any atom is 0.263 e. The van der Waals surface area contributed by atoms with Crippen molar-refractivity contribution >= 4 is 15.8 Å². The third kappa shape index (κ3) is 3.90. The smallest absolute Gasteiger partial charge is 0.263 e. The zero-order valence-corrected chi connectivity index (χ0v) is 14.7. The second kappa shape index (κ2) is 7.39. The lowest BCUT2D eigenvalue weighted by atomic mass is 10.1. The summed E-state index contributed by atoms with van der Waals surface area (Å²) < 4.78 is 120. The van der Waals surface area contributed by atoms with Gasteiger partial charge in [0, 0.05) is 12.3 Å². The highest BCUT2D eigenvalue weighted by molar-refractivity contribution is 7.92. The highest BCUT2D eigenvalue weighted by Crippen LogP contribution is 2.24. The zero-order chi connectivity index (χ0) is 21.5. The largest absolute Gasteiger partial charge is 0.266 e. The number of aromatic nitrogens is 2. The van der Waals surface area contributed by atoms with E-state index in [4.69, 9.17) is 0 Å². The normalized spacial score (nSPS) is 11.7. The highest BCUT2D eigenvalue weighted by atomic mass is 32.2. The Morgan fingerprint density at radius 3 is 2.00 bits per heavy atom. The summed E-state index contributed by atoms with van der Waals surface area (Å²) in [5.74, 6) is -13.8. The molecule has 0 saturated heterocycles. The molecular formula is C16H8F7N3O2S. The van der Waals surface area contributed by atoms with Gasteiger partial charge in [-0.25, -0.2) is 39.2 Å². The molecule has 0 amide bonds. The van der Waals surface area contributed by atoms with Crippen molar-refractivity contribution in [1.29, 1.82) is 0 Å². The van der Waals surface area contributed by atoms with Gasteiger partial charge in [0.15, 0.2) is 40.7 Å². The van der Waals surface area contributed by atoms with Gasteiger partial charge in [-0.05, 0) is 18.2 Å². The van der Waals surface area contributed by atoms with Crippen LogP contribution in [0.25, 0.3) is 0 Å². The maximum atomic E-state index is 13.7. The maximum absolute atomic E-state index is 13.7. The third-order valence-corrected chi connectivity index (χ3v) is 5.05. The van der Waals surface area contributed by atoms with Crippen molar-refractivity contribution < 1.29 is 39.2 Å². The molecule has 0 aliphatic carbocycles. The molecule has 0 spiro atoms. The second-order valence-electron chi connectivity index (χ2n) is 5.63. The number of hydrogen-bond acceptors (Lipinski definition) is 3. The molecular weight excluding hydrogens is 431 g/mol. The molecule has 1 heterocycles. The summed E-state index contributed by atoms with van der Waals surface area (Å²) in [5.41, 5.74) is -1.18. The van der Waals surface area contributed by atoms with E-state index in [-0.39, 0.29) is 0 Å². The van der Waals surface area contributed by atoms with Crippen LogP contribution in [0, 0.1) is 40.7 Å². The molecule has 0 radical (unpaired) electrons. The van der Waals surface area contributed by atoms with E-state index in [1.54, 1.807) is 0 Å². The summed E-state index contributed by atoms with van der Waals surface area (Å²) in [4.78, 5) is -0.634. The van der Waals surface area contributed by atoms with E-state index in [0.29, 0.717) is 16.8 Å². The molecule has 3 rings (SSSR count). The van der Waals surface area contributed by atoms with E-state index < -0.39 is 73.6 Å².